The SMILES string of the molecule is CN1C(=O)c2ccc(NC(=O)C3CC(=O)N(Cc4cccc(C(F)(F)F)c4)C3)cc2C1=O. The molecule has 2 aromatic rings. The van der Waals surface area contributed by atoms with Crippen LogP contribution in [0.15, 0.2) is 42.5 Å². The number of imide groups is 1. The van der Waals surface area contributed by atoms with Crippen molar-refractivity contribution in [3.8, 4) is 0 Å². The normalized spacial score (nSPS) is 18.4. The molecule has 1 saturated heterocycles. The first-order valence-corrected chi connectivity index (χ1v) is 9.76. The quantitative estimate of drug-likeness (QED) is 0.734. The lowest BCUT2D eigenvalue weighted by Crippen LogP contribution is -2.28. The molecule has 1 fully saturated rings. The minimum atomic E-state index is -4.48. The van der Waals surface area contributed by atoms with Crippen molar-refractivity contribution in [1.29, 1.82) is 0 Å². The van der Waals surface area contributed by atoms with Crippen molar-refractivity contribution in [3.63, 3.8) is 0 Å². The number of carbonyl (C=O) groups excluding carboxylic acids is 4. The van der Waals surface area contributed by atoms with Gasteiger partial charge in [-0.25, -0.2) is 0 Å². The van der Waals surface area contributed by atoms with Crippen molar-refractivity contribution in [2.45, 2.75) is 19.1 Å². The largest absolute Gasteiger partial charge is 0.416 e. The molecule has 0 bridgehead atoms. The first-order chi connectivity index (χ1) is 15.0. The van der Waals surface area contributed by atoms with E-state index in [1.807, 2.05) is 0 Å². The molecule has 0 aliphatic carbocycles. The Kier molecular flexibility index (Phi) is 5.23. The molecule has 2 heterocycles. The van der Waals surface area contributed by atoms with Crippen molar-refractivity contribution < 1.29 is 32.3 Å². The van der Waals surface area contributed by atoms with Gasteiger partial charge < -0.3 is 10.2 Å². The molecule has 0 spiro atoms. The molecular formula is C22H18F3N3O4. The van der Waals surface area contributed by atoms with Crippen molar-refractivity contribution >= 4 is 29.3 Å². The van der Waals surface area contributed by atoms with E-state index < -0.39 is 35.4 Å². The van der Waals surface area contributed by atoms with Crippen molar-refractivity contribution in [2.24, 2.45) is 5.92 Å². The summed E-state index contributed by atoms with van der Waals surface area (Å²) in [5.41, 5.74) is 0.267. The van der Waals surface area contributed by atoms with E-state index in [4.69, 9.17) is 0 Å². The zero-order valence-electron chi connectivity index (χ0n) is 16.9. The molecule has 166 valence electrons. The number of amides is 4. The van der Waals surface area contributed by atoms with E-state index in [2.05, 4.69) is 5.32 Å². The molecule has 4 amide bonds. The Balaban J connectivity index is 1.42. The predicted octanol–water partition coefficient (Wildman–Crippen LogP) is 2.92. The number of likely N-dealkylation sites (tertiary alicyclic amines) is 1. The van der Waals surface area contributed by atoms with Crippen LogP contribution in [0.1, 0.15) is 38.3 Å². The van der Waals surface area contributed by atoms with Gasteiger partial charge in [-0.15, -0.1) is 0 Å². The number of benzene rings is 2. The zero-order valence-corrected chi connectivity index (χ0v) is 16.9. The number of carbonyl (C=O) groups is 4. The van der Waals surface area contributed by atoms with Gasteiger partial charge in [0.15, 0.2) is 0 Å². The van der Waals surface area contributed by atoms with Crippen molar-refractivity contribution in [2.75, 3.05) is 18.9 Å². The summed E-state index contributed by atoms with van der Waals surface area (Å²) in [4.78, 5) is 51.4. The molecule has 1 atom stereocenters. The van der Waals surface area contributed by atoms with Gasteiger partial charge in [-0.2, -0.15) is 13.2 Å². The topological polar surface area (TPSA) is 86.8 Å². The van der Waals surface area contributed by atoms with Crippen LogP contribution in [0, 0.1) is 5.92 Å². The number of fused-ring (bicyclic) bond motifs is 1. The Labute approximate surface area is 180 Å². The van der Waals surface area contributed by atoms with E-state index in [1.54, 1.807) is 0 Å². The minimum Gasteiger partial charge on any atom is -0.338 e. The summed E-state index contributed by atoms with van der Waals surface area (Å²) >= 11 is 0. The summed E-state index contributed by atoms with van der Waals surface area (Å²) in [6, 6.07) is 9.08. The van der Waals surface area contributed by atoms with Gasteiger partial charge in [0, 0.05) is 32.2 Å². The van der Waals surface area contributed by atoms with Crippen LogP contribution in [0.3, 0.4) is 0 Å². The number of nitrogens with one attached hydrogen (secondary N) is 1. The summed E-state index contributed by atoms with van der Waals surface area (Å²) in [6.07, 6.45) is -4.56. The lowest BCUT2D eigenvalue weighted by molar-refractivity contribution is -0.137. The summed E-state index contributed by atoms with van der Waals surface area (Å²) < 4.78 is 38.7. The Morgan fingerprint density at radius 1 is 1.06 bits per heavy atom. The average Bonchev–Trinajstić information content (AvgIpc) is 3.21. The van der Waals surface area contributed by atoms with E-state index in [0.29, 0.717) is 11.3 Å². The fraction of sp³-hybridized carbons (Fsp3) is 0.273. The van der Waals surface area contributed by atoms with Gasteiger partial charge in [0.05, 0.1) is 22.6 Å². The third kappa shape index (κ3) is 3.95. The monoisotopic (exact) mass is 445 g/mol. The van der Waals surface area contributed by atoms with E-state index in [0.717, 1.165) is 17.0 Å². The average molecular weight is 445 g/mol. The summed E-state index contributed by atoms with van der Waals surface area (Å²) in [6.45, 7) is 0.0281. The van der Waals surface area contributed by atoms with E-state index in [-0.39, 0.29) is 36.5 Å². The van der Waals surface area contributed by atoms with Crippen LogP contribution >= 0.6 is 0 Å². The third-order valence-electron chi connectivity index (χ3n) is 5.57. The van der Waals surface area contributed by atoms with Crippen LogP contribution in [0.25, 0.3) is 0 Å². The highest BCUT2D eigenvalue weighted by Gasteiger charge is 2.36. The van der Waals surface area contributed by atoms with Gasteiger partial charge in [0.1, 0.15) is 0 Å². The molecule has 4 rings (SSSR count). The number of halogens is 3. The number of anilines is 1. The standard InChI is InChI=1S/C22H18F3N3O4/c1-27-20(31)16-6-5-15(9-17(16)21(27)32)26-19(30)13-8-18(29)28(11-13)10-12-3-2-4-14(7-12)22(23,24)25/h2-7,9,13H,8,10-11H2,1H3,(H,26,30). The van der Waals surface area contributed by atoms with Gasteiger partial charge in [-0.1, -0.05) is 12.1 Å². The fourth-order valence-corrected chi connectivity index (χ4v) is 3.85. The van der Waals surface area contributed by atoms with Gasteiger partial charge in [-0.05, 0) is 35.9 Å². The second kappa shape index (κ2) is 7.77. The highest BCUT2D eigenvalue weighted by Crippen LogP contribution is 2.31. The molecule has 0 radical (unpaired) electrons. The first-order valence-electron chi connectivity index (χ1n) is 9.76. The van der Waals surface area contributed by atoms with Crippen molar-refractivity contribution in [1.82, 2.24) is 9.80 Å². The highest BCUT2D eigenvalue weighted by atomic mass is 19.4. The van der Waals surface area contributed by atoms with E-state index >= 15 is 0 Å². The molecule has 0 aromatic heterocycles. The molecule has 2 aromatic carbocycles. The maximum atomic E-state index is 12.9. The van der Waals surface area contributed by atoms with Gasteiger partial charge in [-0.3, -0.25) is 24.1 Å². The predicted molar refractivity (Wildman–Crippen MR) is 106 cm³/mol. The molecular weight excluding hydrogens is 427 g/mol. The third-order valence-corrected chi connectivity index (χ3v) is 5.57. The number of hydrogen-bond acceptors (Lipinski definition) is 4. The van der Waals surface area contributed by atoms with Crippen LogP contribution in [-0.2, 0) is 22.3 Å². The van der Waals surface area contributed by atoms with E-state index in [1.165, 1.54) is 42.3 Å². The maximum absolute atomic E-state index is 12.9. The molecule has 1 unspecified atom stereocenters. The summed E-state index contributed by atoms with van der Waals surface area (Å²) in [7, 11) is 1.37. The molecule has 7 nitrogen and oxygen atoms in total. The summed E-state index contributed by atoms with van der Waals surface area (Å²) in [5, 5.41) is 2.65. The minimum absolute atomic E-state index is 0.0334. The summed E-state index contributed by atoms with van der Waals surface area (Å²) in [5.74, 6) is -2.37. The Bertz CT molecular complexity index is 1150. The lowest BCUT2D eigenvalue weighted by atomic mass is 10.1. The molecule has 10 heteroatoms. The van der Waals surface area contributed by atoms with Crippen LogP contribution < -0.4 is 5.32 Å². The van der Waals surface area contributed by atoms with Gasteiger partial charge in [0.2, 0.25) is 11.8 Å². The number of hydrogen-bond donors (Lipinski definition) is 1. The van der Waals surface area contributed by atoms with Crippen LogP contribution in [0.5, 0.6) is 0 Å². The Morgan fingerprint density at radius 2 is 1.78 bits per heavy atom. The smallest absolute Gasteiger partial charge is 0.338 e. The van der Waals surface area contributed by atoms with Crippen molar-refractivity contribution in [3.05, 3.63) is 64.7 Å². The Morgan fingerprint density at radius 3 is 2.50 bits per heavy atom. The lowest BCUT2D eigenvalue weighted by Gasteiger charge is -2.18. The first kappa shape index (κ1) is 21.5. The molecule has 1 N–H and O–H groups in total. The zero-order chi connectivity index (χ0) is 23.2. The molecule has 32 heavy (non-hydrogen) atoms. The Hall–Kier alpha value is -3.69. The second-order valence-electron chi connectivity index (χ2n) is 7.79. The number of rotatable bonds is 4. The highest BCUT2D eigenvalue weighted by molar-refractivity contribution is 6.21. The second-order valence-corrected chi connectivity index (χ2v) is 7.79. The van der Waals surface area contributed by atoms with E-state index in [9.17, 15) is 32.3 Å². The van der Waals surface area contributed by atoms with Crippen LogP contribution in [0.4, 0.5) is 18.9 Å². The number of nitrogens with zero attached hydrogens (tertiary/aromatic N) is 2. The van der Waals surface area contributed by atoms with Crippen LogP contribution in [0.2, 0.25) is 0 Å². The number of alkyl halides is 3. The maximum Gasteiger partial charge on any atom is 0.416 e. The van der Waals surface area contributed by atoms with Gasteiger partial charge >= 0.3 is 6.18 Å². The van der Waals surface area contributed by atoms with Gasteiger partial charge in [0.25, 0.3) is 11.8 Å². The molecule has 2 aliphatic rings. The molecule has 0 saturated carbocycles. The fourth-order valence-electron chi connectivity index (χ4n) is 3.85. The molecule has 2 aliphatic heterocycles. The van der Waals surface area contributed by atoms with Crippen LogP contribution in [-0.4, -0.2) is 47.0 Å².